The van der Waals surface area contributed by atoms with Gasteiger partial charge in [-0.25, -0.2) is 4.98 Å². The summed E-state index contributed by atoms with van der Waals surface area (Å²) >= 11 is 7.41. The number of benzene rings is 2. The van der Waals surface area contributed by atoms with E-state index in [9.17, 15) is 14.4 Å². The number of nitrogens with one attached hydrogen (secondary N) is 3. The van der Waals surface area contributed by atoms with Gasteiger partial charge in [0.25, 0.3) is 11.8 Å². The van der Waals surface area contributed by atoms with Crippen LogP contribution in [0.4, 0.5) is 5.69 Å². The molecule has 3 aromatic rings. The molecular formula is C31H36ClN7O4S. The molecule has 2 aliphatic rings. The van der Waals surface area contributed by atoms with Gasteiger partial charge in [-0.3, -0.25) is 19.4 Å². The summed E-state index contributed by atoms with van der Waals surface area (Å²) in [5.41, 5.74) is 4.20. The predicted octanol–water partition coefficient (Wildman–Crippen LogP) is 3.76. The van der Waals surface area contributed by atoms with Crippen LogP contribution < -0.4 is 21.0 Å². The number of hydrogen-bond donors (Lipinski definition) is 3. The van der Waals surface area contributed by atoms with Crippen LogP contribution in [0.15, 0.2) is 59.6 Å². The number of amidine groups is 1. The van der Waals surface area contributed by atoms with Crippen LogP contribution >= 0.6 is 22.9 Å². The number of anilines is 1. The molecule has 2 aromatic carbocycles. The number of halogens is 1. The van der Waals surface area contributed by atoms with Gasteiger partial charge in [-0.1, -0.05) is 29.8 Å². The number of carbonyl (C=O) groups is 3. The maximum Gasteiger partial charge on any atom is 0.293 e. The normalized spacial score (nSPS) is 20.3. The molecule has 11 nitrogen and oxygen atoms in total. The highest BCUT2D eigenvalue weighted by Crippen LogP contribution is 2.30. The van der Waals surface area contributed by atoms with E-state index in [-0.39, 0.29) is 23.6 Å². The number of nitrogens with zero attached hydrogens (tertiary/aromatic N) is 4. The Hall–Kier alpha value is -4.00. The minimum absolute atomic E-state index is 0.00864. The molecule has 3 amide bonds. The fraction of sp³-hybridized carbons (Fsp3) is 0.387. The van der Waals surface area contributed by atoms with Crippen molar-refractivity contribution < 1.29 is 19.2 Å². The van der Waals surface area contributed by atoms with Gasteiger partial charge >= 0.3 is 0 Å². The van der Waals surface area contributed by atoms with Gasteiger partial charge in [-0.05, 0) is 62.7 Å². The Morgan fingerprint density at radius 2 is 1.84 bits per heavy atom. The van der Waals surface area contributed by atoms with Gasteiger partial charge in [-0.15, -0.1) is 11.3 Å². The van der Waals surface area contributed by atoms with E-state index in [1.807, 2.05) is 25.2 Å². The van der Waals surface area contributed by atoms with E-state index in [2.05, 4.69) is 26.0 Å². The number of thiazole rings is 1. The van der Waals surface area contributed by atoms with Gasteiger partial charge in [0.1, 0.15) is 0 Å². The minimum atomic E-state index is -0.531. The molecule has 2 heterocycles. The second kappa shape index (κ2) is 14.2. The molecule has 232 valence electrons. The molecule has 1 fully saturated rings. The van der Waals surface area contributed by atoms with E-state index in [0.717, 1.165) is 30.1 Å². The molecule has 1 saturated carbocycles. The molecule has 13 heteroatoms. The summed E-state index contributed by atoms with van der Waals surface area (Å²) in [4.78, 5) is 59.9. The highest BCUT2D eigenvalue weighted by atomic mass is 35.5. The summed E-state index contributed by atoms with van der Waals surface area (Å²) in [6.45, 7) is 1.65. The second-order valence-electron chi connectivity index (χ2n) is 11.2. The summed E-state index contributed by atoms with van der Waals surface area (Å²) in [6, 6.07) is 14.6. The average molecular weight is 638 g/mol. The molecule has 0 bridgehead atoms. The van der Waals surface area contributed by atoms with E-state index in [0.29, 0.717) is 40.7 Å². The Bertz CT molecular complexity index is 1510. The van der Waals surface area contributed by atoms with Crippen molar-refractivity contribution >= 4 is 52.2 Å². The van der Waals surface area contributed by atoms with E-state index in [4.69, 9.17) is 21.4 Å². The molecule has 1 aliphatic carbocycles. The van der Waals surface area contributed by atoms with Crippen LogP contribution in [0.2, 0.25) is 5.02 Å². The zero-order chi connectivity index (χ0) is 31.2. The van der Waals surface area contributed by atoms with Crippen molar-refractivity contribution in [1.29, 1.82) is 0 Å². The fourth-order valence-corrected chi connectivity index (χ4v) is 6.54. The number of para-hydroxylation sites is 1. The van der Waals surface area contributed by atoms with Crippen molar-refractivity contribution in [3.63, 3.8) is 0 Å². The average Bonchev–Trinajstić information content (AvgIpc) is 3.44. The molecule has 0 saturated heterocycles. The Labute approximate surface area is 265 Å². The van der Waals surface area contributed by atoms with Gasteiger partial charge in [0.15, 0.2) is 10.8 Å². The summed E-state index contributed by atoms with van der Waals surface area (Å²) in [5, 5.41) is 6.85. The number of rotatable bonds is 7. The fourth-order valence-electron chi connectivity index (χ4n) is 5.32. The Morgan fingerprint density at radius 3 is 2.57 bits per heavy atom. The number of aromatic nitrogens is 1. The molecule has 3 unspecified atom stereocenters. The first-order valence-corrected chi connectivity index (χ1v) is 15.7. The van der Waals surface area contributed by atoms with Crippen LogP contribution in [0.1, 0.15) is 39.6 Å². The highest BCUT2D eigenvalue weighted by molar-refractivity contribution is 7.13. The summed E-state index contributed by atoms with van der Waals surface area (Å²) in [7, 11) is 5.49. The number of hydroxylamine groups is 1. The Morgan fingerprint density at radius 1 is 1.09 bits per heavy atom. The van der Waals surface area contributed by atoms with E-state index < -0.39 is 18.0 Å². The topological polar surface area (TPSA) is 128 Å². The first-order chi connectivity index (χ1) is 21.2. The lowest BCUT2D eigenvalue weighted by Crippen LogP contribution is -2.50. The van der Waals surface area contributed by atoms with Gasteiger partial charge in [0.2, 0.25) is 11.7 Å². The molecule has 0 radical (unpaired) electrons. The molecule has 1 aromatic heterocycles. The number of hydrogen-bond acceptors (Lipinski definition) is 8. The molecule has 0 spiro atoms. The van der Waals surface area contributed by atoms with Gasteiger partial charge < -0.3 is 25.3 Å². The summed E-state index contributed by atoms with van der Waals surface area (Å²) < 4.78 is 0. The zero-order valence-corrected chi connectivity index (χ0v) is 26.5. The number of aliphatic imine (C=N–C) groups is 1. The van der Waals surface area contributed by atoms with Crippen molar-refractivity contribution in [3.05, 3.63) is 75.2 Å². The first kappa shape index (κ1) is 31.4. The minimum Gasteiger partial charge on any atom is -0.381 e. The Balaban J connectivity index is 1.40. The largest absolute Gasteiger partial charge is 0.381 e. The number of fused-ring (bicyclic) bond motifs is 1. The lowest BCUT2D eigenvalue weighted by molar-refractivity contribution is -0.134. The van der Waals surface area contributed by atoms with E-state index in [1.165, 1.54) is 11.3 Å². The lowest BCUT2D eigenvalue weighted by Gasteiger charge is -2.35. The van der Waals surface area contributed by atoms with Crippen LogP contribution in [0, 0.1) is 5.92 Å². The van der Waals surface area contributed by atoms with Crippen LogP contribution in [0.5, 0.6) is 5.75 Å². The van der Waals surface area contributed by atoms with Crippen molar-refractivity contribution in [3.8, 4) is 5.75 Å². The maximum atomic E-state index is 13.5. The van der Waals surface area contributed by atoms with E-state index >= 15 is 0 Å². The molecule has 1 aliphatic heterocycles. The van der Waals surface area contributed by atoms with Crippen LogP contribution in [0.25, 0.3) is 0 Å². The van der Waals surface area contributed by atoms with Crippen LogP contribution in [-0.2, 0) is 22.6 Å². The van der Waals surface area contributed by atoms with Gasteiger partial charge in [0.05, 0.1) is 17.8 Å². The van der Waals surface area contributed by atoms with Gasteiger partial charge in [0, 0.05) is 55.1 Å². The maximum absolute atomic E-state index is 13.5. The van der Waals surface area contributed by atoms with Crippen molar-refractivity contribution in [2.45, 2.75) is 44.3 Å². The summed E-state index contributed by atoms with van der Waals surface area (Å²) in [6.07, 6.45) is 2.20. The zero-order valence-electron chi connectivity index (χ0n) is 24.9. The van der Waals surface area contributed by atoms with Crippen LogP contribution in [0.3, 0.4) is 0 Å². The third-order valence-corrected chi connectivity index (χ3v) is 8.99. The quantitative estimate of drug-likeness (QED) is 0.204. The molecule has 44 heavy (non-hydrogen) atoms. The number of amides is 3. The standard InChI is InChI=1S/C31H36ClN7O4S/c1-38(2)31(42)19-9-14-23(25(17-19)35-29(41)30-36-24-15-16-39(3)18-26(24)44-30)34-27(37-43-22-7-5-4-6-8-22)28(40)33-21-12-10-20(32)11-13-21/h4-8,10-13,19,23,25H,9,14-18H2,1-3H3,(H,33,40)(H,34,37)(H,35,41). The van der Waals surface area contributed by atoms with E-state index in [1.54, 1.807) is 55.4 Å². The molecule has 3 N–H and O–H groups in total. The highest BCUT2D eigenvalue weighted by Gasteiger charge is 2.37. The summed E-state index contributed by atoms with van der Waals surface area (Å²) in [5.74, 6) is -0.723. The second-order valence-corrected chi connectivity index (χ2v) is 12.7. The monoisotopic (exact) mass is 637 g/mol. The lowest BCUT2D eigenvalue weighted by atomic mass is 9.81. The molecule has 3 atom stereocenters. The Kier molecular flexibility index (Phi) is 10.1. The van der Waals surface area contributed by atoms with Crippen molar-refractivity contribution in [2.24, 2.45) is 10.9 Å². The predicted molar refractivity (Wildman–Crippen MR) is 171 cm³/mol. The third-order valence-electron chi connectivity index (χ3n) is 7.66. The third kappa shape index (κ3) is 7.93. The smallest absolute Gasteiger partial charge is 0.293 e. The SMILES string of the molecule is CN1CCc2nc(C(=O)NC3CC(C(=O)N(C)C)CCC3N=C(NOc3ccccc3)C(=O)Nc3ccc(Cl)cc3)sc2C1. The molecule has 5 rings (SSSR count). The van der Waals surface area contributed by atoms with Gasteiger partial charge in [-0.2, -0.15) is 5.48 Å². The molecular weight excluding hydrogens is 602 g/mol. The first-order valence-electron chi connectivity index (χ1n) is 14.5. The number of carbonyl (C=O) groups excluding carboxylic acids is 3. The van der Waals surface area contributed by atoms with Crippen molar-refractivity contribution in [2.75, 3.05) is 33.0 Å². The number of likely N-dealkylation sites (N-methyl/N-ethyl adjacent to an activating group) is 1. The van der Waals surface area contributed by atoms with Crippen LogP contribution in [-0.4, -0.2) is 78.1 Å². The van der Waals surface area contributed by atoms with Crippen molar-refractivity contribution in [1.82, 2.24) is 25.6 Å².